The summed E-state index contributed by atoms with van der Waals surface area (Å²) in [5, 5.41) is 4.67. The van der Waals surface area contributed by atoms with Crippen LogP contribution in [0.5, 0.6) is 0 Å². The molecule has 1 saturated heterocycles. The Hall–Kier alpha value is 0.270. The second-order valence-corrected chi connectivity index (χ2v) is 8.14. The van der Waals surface area contributed by atoms with E-state index in [1.165, 1.54) is 57.5 Å². The Kier molecular flexibility index (Phi) is 6.51. The van der Waals surface area contributed by atoms with Gasteiger partial charge in [0.15, 0.2) is 0 Å². The zero-order valence-electron chi connectivity index (χ0n) is 13.0. The van der Waals surface area contributed by atoms with Crippen molar-refractivity contribution in [2.45, 2.75) is 70.2 Å². The highest BCUT2D eigenvalue weighted by molar-refractivity contribution is 7.99. The lowest BCUT2D eigenvalue weighted by atomic mass is 10.0. The lowest BCUT2D eigenvalue weighted by Crippen LogP contribution is -2.45. The third kappa shape index (κ3) is 4.64. The summed E-state index contributed by atoms with van der Waals surface area (Å²) in [6, 6.07) is 1.58. The van der Waals surface area contributed by atoms with E-state index >= 15 is 0 Å². The summed E-state index contributed by atoms with van der Waals surface area (Å²) in [6.45, 7) is 10.8. The van der Waals surface area contributed by atoms with Crippen LogP contribution in [-0.2, 0) is 0 Å². The van der Waals surface area contributed by atoms with E-state index in [1.54, 1.807) is 0 Å². The van der Waals surface area contributed by atoms with Crippen LogP contribution in [0.25, 0.3) is 0 Å². The van der Waals surface area contributed by atoms with Gasteiger partial charge in [-0.25, -0.2) is 0 Å². The molecule has 1 saturated carbocycles. The largest absolute Gasteiger partial charge is 0.313 e. The Balaban J connectivity index is 1.93. The van der Waals surface area contributed by atoms with Crippen molar-refractivity contribution in [2.75, 3.05) is 25.4 Å². The van der Waals surface area contributed by atoms with E-state index in [4.69, 9.17) is 0 Å². The molecule has 3 unspecified atom stereocenters. The third-order valence-corrected chi connectivity index (χ3v) is 5.84. The number of nitrogens with one attached hydrogen (secondary N) is 1. The highest BCUT2D eigenvalue weighted by Gasteiger charge is 2.33. The fourth-order valence-corrected chi connectivity index (χ4v) is 5.08. The zero-order valence-corrected chi connectivity index (χ0v) is 13.8. The Labute approximate surface area is 124 Å². The Morgan fingerprint density at radius 1 is 1.26 bits per heavy atom. The molecule has 2 rings (SSSR count). The second kappa shape index (κ2) is 7.90. The van der Waals surface area contributed by atoms with Gasteiger partial charge in [-0.1, -0.05) is 27.2 Å². The van der Waals surface area contributed by atoms with Crippen LogP contribution in [0.3, 0.4) is 0 Å². The molecule has 3 heteroatoms. The topological polar surface area (TPSA) is 15.3 Å². The summed E-state index contributed by atoms with van der Waals surface area (Å²) in [6.07, 6.45) is 6.98. The summed E-state index contributed by atoms with van der Waals surface area (Å²) in [5.41, 5.74) is 0. The van der Waals surface area contributed by atoms with Gasteiger partial charge in [0.2, 0.25) is 0 Å². The van der Waals surface area contributed by atoms with Crippen molar-refractivity contribution < 1.29 is 0 Å². The third-order valence-electron chi connectivity index (χ3n) is 4.53. The van der Waals surface area contributed by atoms with Crippen molar-refractivity contribution in [3.8, 4) is 0 Å². The van der Waals surface area contributed by atoms with Gasteiger partial charge in [-0.3, -0.25) is 4.90 Å². The molecule has 112 valence electrons. The maximum absolute atomic E-state index is 3.76. The molecular weight excluding hydrogens is 252 g/mol. The monoisotopic (exact) mass is 284 g/mol. The molecule has 0 radical (unpaired) electrons. The van der Waals surface area contributed by atoms with Crippen LogP contribution < -0.4 is 5.32 Å². The van der Waals surface area contributed by atoms with Gasteiger partial charge in [0, 0.05) is 23.9 Å². The van der Waals surface area contributed by atoms with Crippen LogP contribution in [0.4, 0.5) is 0 Å². The highest BCUT2D eigenvalue weighted by Crippen LogP contribution is 2.34. The molecule has 0 spiro atoms. The quantitative estimate of drug-likeness (QED) is 0.833. The predicted octanol–water partition coefficient (Wildman–Crippen LogP) is 3.37. The molecule has 2 fully saturated rings. The van der Waals surface area contributed by atoms with Gasteiger partial charge in [0.25, 0.3) is 0 Å². The van der Waals surface area contributed by atoms with Gasteiger partial charge in [-0.15, -0.1) is 0 Å². The van der Waals surface area contributed by atoms with Crippen LogP contribution in [0.2, 0.25) is 0 Å². The van der Waals surface area contributed by atoms with E-state index in [-0.39, 0.29) is 0 Å². The van der Waals surface area contributed by atoms with Crippen molar-refractivity contribution in [2.24, 2.45) is 5.92 Å². The van der Waals surface area contributed by atoms with E-state index in [0.29, 0.717) is 0 Å². The van der Waals surface area contributed by atoms with Gasteiger partial charge >= 0.3 is 0 Å². The molecule has 1 aliphatic carbocycles. The average Bonchev–Trinajstić information content (AvgIpc) is 2.69. The van der Waals surface area contributed by atoms with Crippen molar-refractivity contribution in [3.63, 3.8) is 0 Å². The van der Waals surface area contributed by atoms with Crippen LogP contribution in [0.15, 0.2) is 0 Å². The molecule has 1 aliphatic heterocycles. The van der Waals surface area contributed by atoms with Crippen molar-refractivity contribution in [1.82, 2.24) is 10.2 Å². The first-order valence-electron chi connectivity index (χ1n) is 8.29. The lowest BCUT2D eigenvalue weighted by Gasteiger charge is -2.34. The summed E-state index contributed by atoms with van der Waals surface area (Å²) < 4.78 is 0. The standard InChI is InChI=1S/C16H32N2S/c1-4-19-16-8-5-7-15(16)18-10-6-9-17-14(12-18)11-13(2)3/h13-17H,4-12H2,1-3H3. The summed E-state index contributed by atoms with van der Waals surface area (Å²) in [4.78, 5) is 2.83. The highest BCUT2D eigenvalue weighted by atomic mass is 32.2. The van der Waals surface area contributed by atoms with Crippen molar-refractivity contribution in [1.29, 1.82) is 0 Å². The molecular formula is C16H32N2S. The Bertz CT molecular complexity index is 257. The minimum Gasteiger partial charge on any atom is -0.313 e. The SMILES string of the molecule is CCSC1CCCC1N1CCCNC(CC(C)C)C1. The molecule has 2 nitrogen and oxygen atoms in total. The number of hydrogen-bond donors (Lipinski definition) is 1. The number of thioether (sulfide) groups is 1. The van der Waals surface area contributed by atoms with E-state index in [0.717, 1.165) is 23.3 Å². The fourth-order valence-electron chi connectivity index (χ4n) is 3.79. The minimum absolute atomic E-state index is 0.718. The van der Waals surface area contributed by atoms with E-state index in [9.17, 15) is 0 Å². The molecule has 0 bridgehead atoms. The van der Waals surface area contributed by atoms with Gasteiger partial charge in [-0.05, 0) is 50.4 Å². The van der Waals surface area contributed by atoms with E-state index in [1.807, 2.05) is 0 Å². The molecule has 19 heavy (non-hydrogen) atoms. The maximum Gasteiger partial charge on any atom is 0.0215 e. The van der Waals surface area contributed by atoms with E-state index < -0.39 is 0 Å². The number of hydrogen-bond acceptors (Lipinski definition) is 3. The summed E-state index contributed by atoms with van der Waals surface area (Å²) in [7, 11) is 0. The number of rotatable bonds is 5. The van der Waals surface area contributed by atoms with Gasteiger partial charge < -0.3 is 5.32 Å². The normalized spacial score (nSPS) is 33.8. The predicted molar refractivity (Wildman–Crippen MR) is 87.0 cm³/mol. The van der Waals surface area contributed by atoms with Gasteiger partial charge in [0.1, 0.15) is 0 Å². The van der Waals surface area contributed by atoms with Crippen LogP contribution in [0.1, 0.15) is 52.9 Å². The average molecular weight is 285 g/mol. The lowest BCUT2D eigenvalue weighted by molar-refractivity contribution is 0.192. The molecule has 1 heterocycles. The fraction of sp³-hybridized carbons (Fsp3) is 1.00. The first-order chi connectivity index (χ1) is 9.20. The molecule has 0 aromatic rings. The zero-order chi connectivity index (χ0) is 13.7. The van der Waals surface area contributed by atoms with Crippen LogP contribution >= 0.6 is 11.8 Å². The Morgan fingerprint density at radius 2 is 2.11 bits per heavy atom. The summed E-state index contributed by atoms with van der Waals surface area (Å²) in [5.74, 6) is 2.09. The summed E-state index contributed by atoms with van der Waals surface area (Å²) >= 11 is 2.20. The first kappa shape index (κ1) is 15.7. The molecule has 1 N–H and O–H groups in total. The second-order valence-electron chi connectivity index (χ2n) is 6.62. The smallest absolute Gasteiger partial charge is 0.0215 e. The van der Waals surface area contributed by atoms with Crippen LogP contribution in [0, 0.1) is 5.92 Å². The molecule has 0 aromatic heterocycles. The van der Waals surface area contributed by atoms with Crippen molar-refractivity contribution >= 4 is 11.8 Å². The number of nitrogens with zero attached hydrogens (tertiary/aromatic N) is 1. The minimum atomic E-state index is 0.718. The van der Waals surface area contributed by atoms with E-state index in [2.05, 4.69) is 42.7 Å². The van der Waals surface area contributed by atoms with Gasteiger partial charge in [-0.2, -0.15) is 11.8 Å². The van der Waals surface area contributed by atoms with Gasteiger partial charge in [0.05, 0.1) is 0 Å². The van der Waals surface area contributed by atoms with Crippen LogP contribution in [-0.4, -0.2) is 47.6 Å². The Morgan fingerprint density at radius 3 is 2.84 bits per heavy atom. The molecule has 2 aliphatic rings. The van der Waals surface area contributed by atoms with Crippen molar-refractivity contribution in [3.05, 3.63) is 0 Å². The first-order valence-corrected chi connectivity index (χ1v) is 9.34. The molecule has 0 aromatic carbocycles. The molecule has 3 atom stereocenters. The molecule has 0 amide bonds. The maximum atomic E-state index is 3.76.